The Bertz CT molecular complexity index is 1270. The predicted octanol–water partition coefficient (Wildman–Crippen LogP) is 5.38. The fourth-order valence-electron chi connectivity index (χ4n) is 2.94. The average Bonchev–Trinajstić information content (AvgIpc) is 3.19. The standard InChI is InChI=1S/C23H17ClN4O2S/c1-14-17(22-28-21-19(30-22)6-3-13-25-21)4-2-5-18(14)26-23(31)27-20(29)12-9-15-7-10-16(24)11-8-15/h2-13H,1H3,(H2,26,27,29,31)/b12-9+. The van der Waals surface area contributed by atoms with Gasteiger partial charge in [0.1, 0.15) is 0 Å². The molecule has 2 aromatic heterocycles. The summed E-state index contributed by atoms with van der Waals surface area (Å²) in [6, 6.07) is 16.4. The molecule has 0 aliphatic carbocycles. The number of carbonyl (C=O) groups is 1. The maximum Gasteiger partial charge on any atom is 0.250 e. The number of halogens is 1. The van der Waals surface area contributed by atoms with Gasteiger partial charge in [-0.15, -0.1) is 0 Å². The van der Waals surface area contributed by atoms with Gasteiger partial charge in [-0.05, 0) is 72.7 Å². The molecule has 0 radical (unpaired) electrons. The fourth-order valence-corrected chi connectivity index (χ4v) is 3.28. The Balaban J connectivity index is 1.45. The first-order valence-corrected chi connectivity index (χ1v) is 10.2. The lowest BCUT2D eigenvalue weighted by molar-refractivity contribution is -0.115. The monoisotopic (exact) mass is 448 g/mol. The molecule has 31 heavy (non-hydrogen) atoms. The van der Waals surface area contributed by atoms with Crippen molar-refractivity contribution in [2.75, 3.05) is 5.32 Å². The lowest BCUT2D eigenvalue weighted by Gasteiger charge is -2.12. The number of hydrogen-bond donors (Lipinski definition) is 2. The van der Waals surface area contributed by atoms with E-state index in [0.717, 1.165) is 22.4 Å². The van der Waals surface area contributed by atoms with Crippen LogP contribution in [0, 0.1) is 6.92 Å². The van der Waals surface area contributed by atoms with E-state index in [1.54, 1.807) is 30.5 Å². The number of aromatic nitrogens is 2. The number of nitrogens with zero attached hydrogens (tertiary/aromatic N) is 2. The molecule has 2 heterocycles. The van der Waals surface area contributed by atoms with Gasteiger partial charge in [-0.3, -0.25) is 10.1 Å². The molecule has 4 rings (SSSR count). The summed E-state index contributed by atoms with van der Waals surface area (Å²) in [6.45, 7) is 1.92. The van der Waals surface area contributed by atoms with E-state index in [0.29, 0.717) is 22.1 Å². The number of nitrogens with one attached hydrogen (secondary N) is 2. The van der Waals surface area contributed by atoms with Crippen LogP contribution in [0.3, 0.4) is 0 Å². The van der Waals surface area contributed by atoms with Crippen molar-refractivity contribution in [2.24, 2.45) is 0 Å². The maximum absolute atomic E-state index is 12.2. The lowest BCUT2D eigenvalue weighted by atomic mass is 10.1. The van der Waals surface area contributed by atoms with Gasteiger partial charge in [0, 0.05) is 28.5 Å². The second-order valence-electron chi connectivity index (χ2n) is 6.65. The summed E-state index contributed by atoms with van der Waals surface area (Å²) in [4.78, 5) is 20.8. The highest BCUT2D eigenvalue weighted by Gasteiger charge is 2.14. The molecule has 0 fully saturated rings. The van der Waals surface area contributed by atoms with E-state index in [1.807, 2.05) is 43.3 Å². The van der Waals surface area contributed by atoms with Crippen molar-refractivity contribution < 1.29 is 9.21 Å². The summed E-state index contributed by atoms with van der Waals surface area (Å²) < 4.78 is 5.82. The van der Waals surface area contributed by atoms with Crippen LogP contribution in [0.25, 0.3) is 28.8 Å². The van der Waals surface area contributed by atoms with Crippen molar-refractivity contribution in [1.29, 1.82) is 0 Å². The molecule has 0 aliphatic rings. The summed E-state index contributed by atoms with van der Waals surface area (Å²) in [5, 5.41) is 6.51. The van der Waals surface area contributed by atoms with Crippen LogP contribution in [0.1, 0.15) is 11.1 Å². The highest BCUT2D eigenvalue weighted by Crippen LogP contribution is 2.29. The summed E-state index contributed by atoms with van der Waals surface area (Å²) in [5.74, 6) is 0.127. The highest BCUT2D eigenvalue weighted by molar-refractivity contribution is 7.80. The molecule has 0 saturated heterocycles. The first kappa shape index (κ1) is 20.7. The summed E-state index contributed by atoms with van der Waals surface area (Å²) in [7, 11) is 0. The van der Waals surface area contributed by atoms with Gasteiger partial charge in [0.25, 0.3) is 0 Å². The van der Waals surface area contributed by atoms with Crippen molar-refractivity contribution >= 4 is 57.8 Å². The van der Waals surface area contributed by atoms with Crippen molar-refractivity contribution in [3.05, 3.63) is 83.0 Å². The van der Waals surface area contributed by atoms with Gasteiger partial charge in [-0.25, -0.2) is 4.98 Å². The fraction of sp³-hybridized carbons (Fsp3) is 0.0435. The number of hydrogen-bond acceptors (Lipinski definition) is 5. The van der Waals surface area contributed by atoms with Gasteiger partial charge < -0.3 is 9.73 Å². The minimum absolute atomic E-state index is 0.185. The van der Waals surface area contributed by atoms with Gasteiger partial charge in [-0.1, -0.05) is 29.8 Å². The topological polar surface area (TPSA) is 80.0 Å². The molecule has 6 nitrogen and oxygen atoms in total. The molecule has 4 aromatic rings. The number of fused-ring (bicyclic) bond motifs is 1. The molecule has 2 aromatic carbocycles. The first-order valence-electron chi connectivity index (χ1n) is 9.37. The number of pyridine rings is 1. The van der Waals surface area contributed by atoms with E-state index in [2.05, 4.69) is 20.6 Å². The molecule has 154 valence electrons. The highest BCUT2D eigenvalue weighted by atomic mass is 35.5. The zero-order valence-electron chi connectivity index (χ0n) is 16.4. The molecule has 2 N–H and O–H groups in total. The molecule has 1 amide bonds. The van der Waals surface area contributed by atoms with Gasteiger partial charge in [0.2, 0.25) is 11.8 Å². The largest absolute Gasteiger partial charge is 0.434 e. The third kappa shape index (κ3) is 4.96. The molecule has 0 saturated carbocycles. The number of oxazole rings is 1. The molecular weight excluding hydrogens is 432 g/mol. The van der Waals surface area contributed by atoms with Gasteiger partial charge in [-0.2, -0.15) is 4.98 Å². The molecule has 0 atom stereocenters. The molecule has 0 unspecified atom stereocenters. The number of amides is 1. The van der Waals surface area contributed by atoms with Crippen molar-refractivity contribution in [3.8, 4) is 11.5 Å². The third-order valence-corrected chi connectivity index (χ3v) is 4.97. The van der Waals surface area contributed by atoms with Crippen LogP contribution >= 0.6 is 23.8 Å². The zero-order chi connectivity index (χ0) is 21.8. The Hall–Kier alpha value is -3.55. The number of thiocarbonyl (C=S) groups is 1. The Morgan fingerprint density at radius 2 is 1.94 bits per heavy atom. The third-order valence-electron chi connectivity index (χ3n) is 4.51. The van der Waals surface area contributed by atoms with Crippen molar-refractivity contribution in [3.63, 3.8) is 0 Å². The SMILES string of the molecule is Cc1c(NC(=S)NC(=O)/C=C/c2ccc(Cl)cc2)cccc1-c1nc2ncccc2o1. The Labute approximate surface area is 189 Å². The van der Waals surface area contributed by atoms with Crippen molar-refractivity contribution in [1.82, 2.24) is 15.3 Å². The summed E-state index contributed by atoms with van der Waals surface area (Å²) >= 11 is 11.2. The molecule has 0 bridgehead atoms. The van der Waals surface area contributed by atoms with Gasteiger partial charge in [0.15, 0.2) is 16.3 Å². The van der Waals surface area contributed by atoms with Gasteiger partial charge >= 0.3 is 0 Å². The Morgan fingerprint density at radius 1 is 1.13 bits per heavy atom. The molecule has 0 aliphatic heterocycles. The number of carbonyl (C=O) groups excluding carboxylic acids is 1. The van der Waals surface area contributed by atoms with E-state index in [-0.39, 0.29) is 11.0 Å². The zero-order valence-corrected chi connectivity index (χ0v) is 18.0. The Morgan fingerprint density at radius 3 is 2.71 bits per heavy atom. The minimum Gasteiger partial charge on any atom is -0.434 e. The normalized spacial score (nSPS) is 11.0. The predicted molar refractivity (Wildman–Crippen MR) is 127 cm³/mol. The van der Waals surface area contributed by atoms with E-state index < -0.39 is 0 Å². The maximum atomic E-state index is 12.2. The van der Waals surface area contributed by atoms with E-state index in [9.17, 15) is 4.79 Å². The number of rotatable bonds is 4. The second-order valence-corrected chi connectivity index (χ2v) is 7.50. The van der Waals surface area contributed by atoms with Crippen LogP contribution in [0.5, 0.6) is 0 Å². The molecule has 0 spiro atoms. The number of benzene rings is 2. The van der Waals surface area contributed by atoms with Crippen LogP contribution < -0.4 is 10.6 Å². The van der Waals surface area contributed by atoms with Crippen LogP contribution in [0.15, 0.2) is 71.3 Å². The number of anilines is 1. The lowest BCUT2D eigenvalue weighted by Crippen LogP contribution is -2.33. The summed E-state index contributed by atoms with van der Waals surface area (Å²) in [6.07, 6.45) is 4.76. The average molecular weight is 449 g/mol. The second kappa shape index (κ2) is 9.07. The van der Waals surface area contributed by atoms with Crippen LogP contribution in [0.4, 0.5) is 5.69 Å². The minimum atomic E-state index is -0.341. The Kier molecular flexibility index (Phi) is 6.06. The van der Waals surface area contributed by atoms with Crippen LogP contribution in [-0.4, -0.2) is 21.0 Å². The van der Waals surface area contributed by atoms with E-state index in [1.165, 1.54) is 6.08 Å². The van der Waals surface area contributed by atoms with E-state index >= 15 is 0 Å². The smallest absolute Gasteiger partial charge is 0.250 e. The van der Waals surface area contributed by atoms with Crippen LogP contribution in [-0.2, 0) is 4.79 Å². The van der Waals surface area contributed by atoms with Crippen LogP contribution in [0.2, 0.25) is 5.02 Å². The quantitative estimate of drug-likeness (QED) is 0.322. The van der Waals surface area contributed by atoms with Crippen molar-refractivity contribution in [2.45, 2.75) is 6.92 Å². The van der Waals surface area contributed by atoms with E-state index in [4.69, 9.17) is 28.2 Å². The molecule has 8 heteroatoms. The molecular formula is C23H17ClN4O2S. The van der Waals surface area contributed by atoms with Gasteiger partial charge in [0.05, 0.1) is 0 Å². The summed E-state index contributed by atoms with van der Waals surface area (Å²) in [5.41, 5.74) is 4.44. The first-order chi connectivity index (χ1) is 15.0.